The largest absolute Gasteiger partial charge is 0.465 e. The van der Waals surface area contributed by atoms with Crippen LogP contribution in [0.3, 0.4) is 0 Å². The lowest BCUT2D eigenvalue weighted by atomic mass is 10.4. The minimum absolute atomic E-state index is 0.315. The molecule has 0 aliphatic heterocycles. The van der Waals surface area contributed by atoms with Crippen LogP contribution in [-0.2, 0) is 0 Å². The highest BCUT2D eigenvalue weighted by Gasteiger charge is 2.08. The molecule has 0 radical (unpaired) electrons. The fourth-order valence-corrected chi connectivity index (χ4v) is 0.829. The molecule has 1 heterocycles. The number of carbonyl (C=O) groups is 1. The van der Waals surface area contributed by atoms with Crippen molar-refractivity contribution in [2.24, 2.45) is 0 Å². The molecule has 0 aliphatic rings. The Labute approximate surface area is 74.4 Å². The Bertz CT molecular complexity index is 303. The normalized spacial score (nSPS) is 9.50. The van der Waals surface area contributed by atoms with Crippen molar-refractivity contribution < 1.29 is 9.90 Å². The summed E-state index contributed by atoms with van der Waals surface area (Å²) < 4.78 is 0. The van der Waals surface area contributed by atoms with Gasteiger partial charge in [-0.05, 0) is 12.1 Å². The Morgan fingerprint density at radius 2 is 2.42 bits per heavy atom. The van der Waals surface area contributed by atoms with Crippen LogP contribution in [0.5, 0.6) is 0 Å². The van der Waals surface area contributed by atoms with Crippen molar-refractivity contribution in [1.29, 1.82) is 0 Å². The van der Waals surface area contributed by atoms with E-state index in [2.05, 4.69) is 4.98 Å². The van der Waals surface area contributed by atoms with E-state index in [1.165, 1.54) is 19.3 Å². The van der Waals surface area contributed by atoms with Crippen molar-refractivity contribution in [3.63, 3.8) is 0 Å². The van der Waals surface area contributed by atoms with Crippen molar-refractivity contribution in [2.45, 2.75) is 0 Å². The smallest absolute Gasteiger partial charge is 0.412 e. The summed E-state index contributed by atoms with van der Waals surface area (Å²) in [6, 6.07) is 3.07. The molecule has 1 rings (SSSR count). The molecule has 0 spiro atoms. The molecule has 0 aliphatic carbocycles. The summed E-state index contributed by atoms with van der Waals surface area (Å²) in [5.74, 6) is 0.315. The van der Waals surface area contributed by atoms with Crippen LogP contribution in [0.1, 0.15) is 0 Å². The van der Waals surface area contributed by atoms with E-state index in [4.69, 9.17) is 16.7 Å². The zero-order valence-electron chi connectivity index (χ0n) is 6.36. The van der Waals surface area contributed by atoms with Crippen LogP contribution < -0.4 is 4.90 Å². The van der Waals surface area contributed by atoms with Gasteiger partial charge in [-0.1, -0.05) is 11.6 Å². The second-order valence-corrected chi connectivity index (χ2v) is 2.61. The first-order valence-electron chi connectivity index (χ1n) is 3.19. The molecule has 0 atom stereocenters. The van der Waals surface area contributed by atoms with Crippen LogP contribution in [-0.4, -0.2) is 23.2 Å². The predicted molar refractivity (Wildman–Crippen MR) is 45.7 cm³/mol. The van der Waals surface area contributed by atoms with Crippen LogP contribution in [0.25, 0.3) is 0 Å². The van der Waals surface area contributed by atoms with Crippen LogP contribution in [0.2, 0.25) is 5.02 Å². The first kappa shape index (κ1) is 8.80. The quantitative estimate of drug-likeness (QED) is 0.728. The first-order valence-corrected chi connectivity index (χ1v) is 3.57. The van der Waals surface area contributed by atoms with Crippen molar-refractivity contribution in [3.8, 4) is 0 Å². The molecule has 5 heteroatoms. The zero-order chi connectivity index (χ0) is 9.14. The number of anilines is 1. The number of rotatable bonds is 1. The lowest BCUT2D eigenvalue weighted by molar-refractivity contribution is 0.203. The summed E-state index contributed by atoms with van der Waals surface area (Å²) in [5.41, 5.74) is 0. The van der Waals surface area contributed by atoms with E-state index in [1.54, 1.807) is 6.07 Å². The van der Waals surface area contributed by atoms with Gasteiger partial charge in [-0.25, -0.2) is 9.78 Å². The van der Waals surface area contributed by atoms with Crippen molar-refractivity contribution >= 4 is 23.5 Å². The molecule has 1 aromatic heterocycles. The zero-order valence-corrected chi connectivity index (χ0v) is 7.12. The predicted octanol–water partition coefficient (Wildman–Crippen LogP) is 1.85. The van der Waals surface area contributed by atoms with E-state index in [9.17, 15) is 4.79 Å². The van der Waals surface area contributed by atoms with E-state index in [1.807, 2.05) is 0 Å². The molecule has 64 valence electrons. The fourth-order valence-electron chi connectivity index (χ4n) is 0.675. The Balaban J connectivity index is 2.95. The lowest BCUT2D eigenvalue weighted by Gasteiger charge is -2.10. The molecule has 12 heavy (non-hydrogen) atoms. The van der Waals surface area contributed by atoms with Crippen molar-refractivity contribution in [3.05, 3.63) is 23.4 Å². The summed E-state index contributed by atoms with van der Waals surface area (Å²) >= 11 is 5.63. The molecule has 0 saturated heterocycles. The van der Waals surface area contributed by atoms with E-state index in [0.717, 1.165) is 4.90 Å². The molecule has 0 fully saturated rings. The van der Waals surface area contributed by atoms with Gasteiger partial charge in [0.2, 0.25) is 0 Å². The molecule has 1 amide bonds. The van der Waals surface area contributed by atoms with Gasteiger partial charge >= 0.3 is 6.09 Å². The van der Waals surface area contributed by atoms with Gasteiger partial charge in [0.05, 0.1) is 0 Å². The minimum atomic E-state index is -1.07. The second-order valence-electron chi connectivity index (χ2n) is 2.17. The van der Waals surface area contributed by atoms with E-state index in [0.29, 0.717) is 10.8 Å². The third kappa shape index (κ3) is 1.85. The Morgan fingerprint density at radius 3 is 2.92 bits per heavy atom. The topological polar surface area (TPSA) is 53.4 Å². The maximum Gasteiger partial charge on any atom is 0.412 e. The highest BCUT2D eigenvalue weighted by molar-refractivity contribution is 6.30. The molecule has 1 N–H and O–H groups in total. The van der Waals surface area contributed by atoms with Crippen molar-refractivity contribution in [1.82, 2.24) is 4.98 Å². The van der Waals surface area contributed by atoms with Gasteiger partial charge in [-0.3, -0.25) is 4.90 Å². The molecular formula is C7H7ClN2O2. The van der Waals surface area contributed by atoms with Crippen LogP contribution in [0.4, 0.5) is 10.6 Å². The summed E-state index contributed by atoms with van der Waals surface area (Å²) in [6.07, 6.45) is 0.390. The molecular weight excluding hydrogens is 180 g/mol. The van der Waals surface area contributed by atoms with Crippen LogP contribution >= 0.6 is 11.6 Å². The Kier molecular flexibility index (Phi) is 2.50. The fraction of sp³-hybridized carbons (Fsp3) is 0.143. The number of pyridine rings is 1. The second kappa shape index (κ2) is 3.40. The van der Waals surface area contributed by atoms with Crippen LogP contribution in [0.15, 0.2) is 18.3 Å². The molecule has 0 saturated carbocycles. The molecule has 0 aromatic carbocycles. The monoisotopic (exact) mass is 186 g/mol. The van der Waals surface area contributed by atoms with Crippen molar-refractivity contribution in [2.75, 3.05) is 11.9 Å². The average molecular weight is 187 g/mol. The SMILES string of the molecule is CN(C(=O)O)c1cc(Cl)ccn1. The first-order chi connectivity index (χ1) is 5.61. The van der Waals surface area contributed by atoms with Gasteiger partial charge in [0.25, 0.3) is 0 Å². The van der Waals surface area contributed by atoms with Gasteiger partial charge in [0.15, 0.2) is 0 Å². The highest BCUT2D eigenvalue weighted by Crippen LogP contribution is 2.14. The van der Waals surface area contributed by atoms with Gasteiger partial charge < -0.3 is 5.11 Å². The summed E-state index contributed by atoms with van der Waals surface area (Å²) in [6.45, 7) is 0. The molecule has 0 bridgehead atoms. The van der Waals surface area contributed by atoms with Gasteiger partial charge in [0.1, 0.15) is 5.82 Å². The Hall–Kier alpha value is -1.29. The van der Waals surface area contributed by atoms with E-state index >= 15 is 0 Å². The van der Waals surface area contributed by atoms with Crippen LogP contribution in [0, 0.1) is 0 Å². The lowest BCUT2D eigenvalue weighted by Crippen LogP contribution is -2.24. The number of aromatic nitrogens is 1. The van der Waals surface area contributed by atoms with E-state index < -0.39 is 6.09 Å². The van der Waals surface area contributed by atoms with E-state index in [-0.39, 0.29) is 0 Å². The summed E-state index contributed by atoms with van der Waals surface area (Å²) in [4.78, 5) is 15.3. The third-order valence-electron chi connectivity index (χ3n) is 1.34. The third-order valence-corrected chi connectivity index (χ3v) is 1.57. The average Bonchev–Trinajstić information content (AvgIpc) is 2.03. The number of carboxylic acid groups (broad SMARTS) is 1. The molecule has 4 nitrogen and oxygen atoms in total. The van der Waals surface area contributed by atoms with Gasteiger partial charge in [0, 0.05) is 18.3 Å². The number of halogens is 1. The summed E-state index contributed by atoms with van der Waals surface area (Å²) in [7, 11) is 1.40. The maximum atomic E-state index is 10.5. The molecule has 1 aromatic rings. The summed E-state index contributed by atoms with van der Waals surface area (Å²) in [5, 5.41) is 9.03. The van der Waals surface area contributed by atoms with Gasteiger partial charge in [-0.15, -0.1) is 0 Å². The maximum absolute atomic E-state index is 10.5. The number of hydrogen-bond acceptors (Lipinski definition) is 2. The number of hydrogen-bond donors (Lipinski definition) is 1. The van der Waals surface area contributed by atoms with Gasteiger partial charge in [-0.2, -0.15) is 0 Å². The Morgan fingerprint density at radius 1 is 1.75 bits per heavy atom. The minimum Gasteiger partial charge on any atom is -0.465 e. The highest BCUT2D eigenvalue weighted by atomic mass is 35.5. The standard InChI is InChI=1S/C7H7ClN2O2/c1-10(7(11)12)6-4-5(8)2-3-9-6/h2-4H,1H3,(H,11,12). The number of nitrogens with zero attached hydrogens (tertiary/aromatic N) is 2. The number of amides is 1. The molecule has 0 unspecified atom stereocenters.